The van der Waals surface area contributed by atoms with Gasteiger partial charge in [0.1, 0.15) is 36.1 Å². The summed E-state index contributed by atoms with van der Waals surface area (Å²) in [6.45, 7) is 6.39. The second-order valence-electron chi connectivity index (χ2n) is 11.0. The number of carbonyl (C=O) groups is 1. The summed E-state index contributed by atoms with van der Waals surface area (Å²) < 4.78 is 38.9. The van der Waals surface area contributed by atoms with E-state index in [0.29, 0.717) is 34.8 Å². The third kappa shape index (κ3) is 8.03. The van der Waals surface area contributed by atoms with E-state index in [2.05, 4.69) is 0 Å². The van der Waals surface area contributed by atoms with Crippen molar-refractivity contribution in [3.05, 3.63) is 83.2 Å². The number of esters is 1. The van der Waals surface area contributed by atoms with E-state index in [0.717, 1.165) is 25.0 Å². The van der Waals surface area contributed by atoms with Crippen molar-refractivity contribution in [1.82, 2.24) is 0 Å². The van der Waals surface area contributed by atoms with Gasteiger partial charge in [0, 0.05) is 23.3 Å². The number of ether oxygens (including phenoxy) is 4. The van der Waals surface area contributed by atoms with Crippen molar-refractivity contribution in [2.45, 2.75) is 64.4 Å². The Morgan fingerprint density at radius 2 is 1.93 bits per heavy atom. The minimum atomic E-state index is -0.830. The maximum Gasteiger partial charge on any atom is 0.310 e. The molecule has 1 saturated heterocycles. The lowest BCUT2D eigenvalue weighted by Gasteiger charge is -2.20. The Morgan fingerprint density at radius 3 is 2.65 bits per heavy atom. The van der Waals surface area contributed by atoms with Crippen LogP contribution >= 0.6 is 0 Å². The molecular weight excluding hydrogens is 513 g/mol. The molecule has 0 aromatic heterocycles. The summed E-state index contributed by atoms with van der Waals surface area (Å²) in [4.78, 5) is 12.4. The molecule has 0 unspecified atom stereocenters. The highest BCUT2D eigenvalue weighted by atomic mass is 19.1. The van der Waals surface area contributed by atoms with Gasteiger partial charge in [-0.2, -0.15) is 0 Å². The van der Waals surface area contributed by atoms with Crippen LogP contribution in [0.2, 0.25) is 0 Å². The molecule has 3 aromatic carbocycles. The topological polar surface area (TPSA) is 100 Å². The summed E-state index contributed by atoms with van der Waals surface area (Å²) in [5.74, 6) is 0.286. The van der Waals surface area contributed by atoms with E-state index in [1.165, 1.54) is 0 Å². The van der Waals surface area contributed by atoms with Gasteiger partial charge in [0.05, 0.1) is 25.2 Å². The standard InChI is InChI=1S/C32H38FNO6/c1-32(2,3)40-30(36)17-22-8-4-5-12-29(22)39-19-21-14-23(16-25(15-21)38-20-24-9-7-13-37-24)26-10-6-11-27(31(26)33)28(34)18-35/h4-6,8,10-12,14-16,24,28,35H,7,9,13,17-20,34H2,1-3H3/t24-,28-/m1/s1. The first-order chi connectivity index (χ1) is 19.1. The smallest absolute Gasteiger partial charge is 0.310 e. The molecule has 1 fully saturated rings. The average molecular weight is 552 g/mol. The van der Waals surface area contributed by atoms with Crippen LogP contribution in [0, 0.1) is 5.82 Å². The maximum atomic E-state index is 15.5. The third-order valence-corrected chi connectivity index (χ3v) is 6.48. The zero-order valence-corrected chi connectivity index (χ0v) is 23.3. The number of para-hydroxylation sites is 1. The number of carbonyl (C=O) groups excluding carboxylic acids is 1. The van der Waals surface area contributed by atoms with Crippen LogP contribution in [0.1, 0.15) is 56.3 Å². The molecule has 0 saturated carbocycles. The Balaban J connectivity index is 1.59. The highest BCUT2D eigenvalue weighted by Gasteiger charge is 2.20. The lowest BCUT2D eigenvalue weighted by molar-refractivity contribution is -0.153. The molecular formula is C32H38FNO6. The van der Waals surface area contributed by atoms with Gasteiger partial charge in [0.15, 0.2) is 0 Å². The van der Waals surface area contributed by atoms with E-state index >= 15 is 4.39 Å². The van der Waals surface area contributed by atoms with Gasteiger partial charge < -0.3 is 29.8 Å². The zero-order valence-electron chi connectivity index (χ0n) is 23.3. The van der Waals surface area contributed by atoms with Gasteiger partial charge in [-0.3, -0.25) is 4.79 Å². The highest BCUT2D eigenvalue weighted by molar-refractivity contribution is 5.74. The molecule has 1 aliphatic rings. The molecule has 3 aromatic rings. The molecule has 0 bridgehead atoms. The van der Waals surface area contributed by atoms with Gasteiger partial charge >= 0.3 is 5.97 Å². The summed E-state index contributed by atoms with van der Waals surface area (Å²) in [6.07, 6.45) is 2.02. The zero-order chi connectivity index (χ0) is 28.7. The van der Waals surface area contributed by atoms with Gasteiger partial charge in [-0.1, -0.05) is 36.4 Å². The molecule has 1 heterocycles. The molecule has 0 aliphatic carbocycles. The first-order valence-corrected chi connectivity index (χ1v) is 13.6. The number of rotatable bonds is 11. The van der Waals surface area contributed by atoms with Crippen molar-refractivity contribution in [2.24, 2.45) is 5.73 Å². The van der Waals surface area contributed by atoms with Crippen molar-refractivity contribution in [1.29, 1.82) is 0 Å². The van der Waals surface area contributed by atoms with Crippen LogP contribution < -0.4 is 15.2 Å². The summed E-state index contributed by atoms with van der Waals surface area (Å²) >= 11 is 0. The Labute approximate surface area is 235 Å². The first-order valence-electron chi connectivity index (χ1n) is 13.6. The maximum absolute atomic E-state index is 15.5. The summed E-state index contributed by atoms with van der Waals surface area (Å²) in [5, 5.41) is 9.48. The van der Waals surface area contributed by atoms with E-state index < -0.39 is 17.5 Å². The van der Waals surface area contributed by atoms with Gasteiger partial charge in [-0.25, -0.2) is 4.39 Å². The molecule has 40 heavy (non-hydrogen) atoms. The van der Waals surface area contributed by atoms with Crippen molar-refractivity contribution in [3.63, 3.8) is 0 Å². The summed E-state index contributed by atoms with van der Waals surface area (Å²) in [6, 6.07) is 16.9. The number of hydrogen-bond donors (Lipinski definition) is 2. The molecule has 1 aliphatic heterocycles. The molecule has 8 heteroatoms. The number of halogens is 1. The fourth-order valence-corrected chi connectivity index (χ4v) is 4.59. The van der Waals surface area contributed by atoms with Gasteiger partial charge in [0.2, 0.25) is 0 Å². The Morgan fingerprint density at radius 1 is 1.12 bits per heavy atom. The molecule has 0 radical (unpaired) electrons. The molecule has 214 valence electrons. The second-order valence-corrected chi connectivity index (χ2v) is 11.0. The number of benzene rings is 3. The van der Waals surface area contributed by atoms with Crippen LogP contribution in [0.25, 0.3) is 11.1 Å². The quantitative estimate of drug-likeness (QED) is 0.303. The van der Waals surface area contributed by atoms with Crippen LogP contribution in [0.5, 0.6) is 11.5 Å². The minimum Gasteiger partial charge on any atom is -0.491 e. The minimum absolute atomic E-state index is 0.0192. The fraction of sp³-hybridized carbons (Fsp3) is 0.406. The molecule has 4 rings (SSSR count). The third-order valence-electron chi connectivity index (χ3n) is 6.48. The van der Waals surface area contributed by atoms with Crippen molar-refractivity contribution in [2.75, 3.05) is 19.8 Å². The second kappa shape index (κ2) is 13.3. The number of aliphatic hydroxyl groups is 1. The van der Waals surface area contributed by atoms with Gasteiger partial charge in [-0.05, 0) is 69.0 Å². The Bertz CT molecular complexity index is 1300. The van der Waals surface area contributed by atoms with Gasteiger partial charge in [0.25, 0.3) is 0 Å². The van der Waals surface area contributed by atoms with Crippen LogP contribution in [0.4, 0.5) is 4.39 Å². The van der Waals surface area contributed by atoms with Crippen molar-refractivity contribution in [3.8, 4) is 22.6 Å². The van der Waals surface area contributed by atoms with E-state index in [9.17, 15) is 9.90 Å². The molecule has 0 amide bonds. The van der Waals surface area contributed by atoms with E-state index in [-0.39, 0.29) is 37.3 Å². The predicted octanol–water partition coefficient (Wildman–Crippen LogP) is 5.51. The Kier molecular flexibility index (Phi) is 9.79. The van der Waals surface area contributed by atoms with Crippen LogP contribution in [-0.2, 0) is 27.3 Å². The van der Waals surface area contributed by atoms with Crippen LogP contribution in [0.3, 0.4) is 0 Å². The average Bonchev–Trinajstić information content (AvgIpc) is 3.44. The van der Waals surface area contributed by atoms with Crippen molar-refractivity contribution < 1.29 is 33.2 Å². The SMILES string of the molecule is CC(C)(C)OC(=O)Cc1ccccc1OCc1cc(OC[C@H]2CCCO2)cc(-c2cccc([C@H](N)CO)c2F)c1. The first kappa shape index (κ1) is 29.5. The fourth-order valence-electron chi connectivity index (χ4n) is 4.59. The molecule has 3 N–H and O–H groups in total. The number of hydrogen-bond acceptors (Lipinski definition) is 7. The Hall–Kier alpha value is -3.46. The predicted molar refractivity (Wildman–Crippen MR) is 151 cm³/mol. The lowest BCUT2D eigenvalue weighted by Crippen LogP contribution is -2.25. The summed E-state index contributed by atoms with van der Waals surface area (Å²) in [5.41, 5.74) is 7.98. The van der Waals surface area contributed by atoms with E-state index in [1.54, 1.807) is 30.3 Å². The molecule has 0 spiro atoms. The van der Waals surface area contributed by atoms with Crippen LogP contribution in [0.15, 0.2) is 60.7 Å². The largest absolute Gasteiger partial charge is 0.491 e. The van der Waals surface area contributed by atoms with Crippen molar-refractivity contribution >= 4 is 5.97 Å². The highest BCUT2D eigenvalue weighted by Crippen LogP contribution is 2.32. The number of aliphatic hydroxyl groups excluding tert-OH is 1. The van der Waals surface area contributed by atoms with Crippen LogP contribution in [-0.4, -0.2) is 42.6 Å². The molecule has 7 nitrogen and oxygen atoms in total. The van der Waals surface area contributed by atoms with Gasteiger partial charge in [-0.15, -0.1) is 0 Å². The monoisotopic (exact) mass is 551 g/mol. The summed E-state index contributed by atoms with van der Waals surface area (Å²) in [7, 11) is 0. The number of nitrogens with two attached hydrogens (primary N) is 1. The molecule has 2 atom stereocenters. The normalized spacial score (nSPS) is 16.0. The lowest BCUT2D eigenvalue weighted by atomic mass is 9.97. The van der Waals surface area contributed by atoms with E-state index in [4.69, 9.17) is 24.7 Å². The van der Waals surface area contributed by atoms with E-state index in [1.807, 2.05) is 51.1 Å².